The van der Waals surface area contributed by atoms with Gasteiger partial charge in [0, 0.05) is 50.0 Å². The zero-order valence-corrected chi connectivity index (χ0v) is 17.7. The predicted octanol–water partition coefficient (Wildman–Crippen LogP) is 3.10. The number of rotatable bonds is 6. The largest absolute Gasteiger partial charge is 0.379 e. The third-order valence-electron chi connectivity index (χ3n) is 5.67. The highest BCUT2D eigenvalue weighted by Crippen LogP contribution is 2.25. The molecule has 0 saturated carbocycles. The van der Waals surface area contributed by atoms with Crippen LogP contribution in [0.1, 0.15) is 42.6 Å². The van der Waals surface area contributed by atoms with Gasteiger partial charge in [-0.2, -0.15) is 0 Å². The van der Waals surface area contributed by atoms with E-state index in [2.05, 4.69) is 48.0 Å². The van der Waals surface area contributed by atoms with Crippen molar-refractivity contribution >= 4 is 24.0 Å². The summed E-state index contributed by atoms with van der Waals surface area (Å²) in [4.78, 5) is 17.6. The Morgan fingerprint density at radius 3 is 2.44 bits per heavy atom. The molecule has 0 aliphatic carbocycles. The van der Waals surface area contributed by atoms with Crippen LogP contribution < -0.4 is 10.2 Å². The molecule has 2 fully saturated rings. The van der Waals surface area contributed by atoms with Crippen LogP contribution in [0.15, 0.2) is 18.2 Å². The van der Waals surface area contributed by atoms with Gasteiger partial charge in [-0.3, -0.25) is 9.69 Å². The number of morpholine rings is 1. The molecule has 2 heterocycles. The first-order valence-corrected chi connectivity index (χ1v) is 10.0. The third-order valence-corrected chi connectivity index (χ3v) is 5.67. The van der Waals surface area contributed by atoms with Crippen LogP contribution in [0.3, 0.4) is 0 Å². The van der Waals surface area contributed by atoms with Crippen molar-refractivity contribution in [2.24, 2.45) is 5.92 Å². The molecule has 0 bridgehead atoms. The number of nitrogens with zero attached hydrogens (tertiary/aromatic N) is 2. The van der Waals surface area contributed by atoms with Crippen LogP contribution >= 0.6 is 12.4 Å². The fraction of sp³-hybridized carbons (Fsp3) is 0.667. The van der Waals surface area contributed by atoms with Gasteiger partial charge in [0.25, 0.3) is 5.91 Å². The zero-order chi connectivity index (χ0) is 18.5. The molecular weight excluding hydrogens is 362 g/mol. The van der Waals surface area contributed by atoms with E-state index in [4.69, 9.17) is 4.74 Å². The highest BCUT2D eigenvalue weighted by molar-refractivity contribution is 5.95. The van der Waals surface area contributed by atoms with Crippen molar-refractivity contribution in [3.8, 4) is 0 Å². The van der Waals surface area contributed by atoms with E-state index in [1.807, 2.05) is 6.07 Å². The van der Waals surface area contributed by atoms with Gasteiger partial charge in [0.05, 0.1) is 13.2 Å². The number of nitrogens with one attached hydrogen (secondary N) is 1. The average molecular weight is 396 g/mol. The van der Waals surface area contributed by atoms with Crippen LogP contribution in [0.5, 0.6) is 0 Å². The highest BCUT2D eigenvalue weighted by atomic mass is 35.5. The van der Waals surface area contributed by atoms with Crippen molar-refractivity contribution in [3.63, 3.8) is 0 Å². The van der Waals surface area contributed by atoms with Crippen LogP contribution in [0.4, 0.5) is 5.69 Å². The molecule has 1 aromatic rings. The summed E-state index contributed by atoms with van der Waals surface area (Å²) in [6.07, 6.45) is 2.48. The van der Waals surface area contributed by atoms with Crippen molar-refractivity contribution in [1.82, 2.24) is 10.2 Å². The van der Waals surface area contributed by atoms with Crippen LogP contribution in [-0.4, -0.2) is 62.8 Å². The first-order valence-electron chi connectivity index (χ1n) is 10.0. The monoisotopic (exact) mass is 395 g/mol. The minimum Gasteiger partial charge on any atom is -0.379 e. The van der Waals surface area contributed by atoms with Gasteiger partial charge in [0.2, 0.25) is 0 Å². The normalized spacial score (nSPS) is 19.0. The van der Waals surface area contributed by atoms with Crippen LogP contribution in [-0.2, 0) is 4.74 Å². The molecule has 0 radical (unpaired) electrons. The fourth-order valence-electron chi connectivity index (χ4n) is 4.04. The molecule has 0 spiro atoms. The summed E-state index contributed by atoms with van der Waals surface area (Å²) in [6.45, 7) is 12.9. The van der Waals surface area contributed by atoms with Crippen LogP contribution in [0, 0.1) is 12.8 Å². The summed E-state index contributed by atoms with van der Waals surface area (Å²) in [6, 6.07) is 6.44. The number of aryl methyl sites for hydroxylation is 1. The molecule has 6 heteroatoms. The SMILES string of the molecule is Cc1ccc(C(=O)NCC(C(C)C)N2CCOCC2)cc1N1CCCC1.Cl. The van der Waals surface area contributed by atoms with Gasteiger partial charge in [-0.15, -0.1) is 12.4 Å². The van der Waals surface area contributed by atoms with E-state index in [-0.39, 0.29) is 18.3 Å². The fourth-order valence-corrected chi connectivity index (χ4v) is 4.04. The molecule has 5 nitrogen and oxygen atoms in total. The van der Waals surface area contributed by atoms with Gasteiger partial charge in [-0.1, -0.05) is 19.9 Å². The average Bonchev–Trinajstić information content (AvgIpc) is 3.17. The topological polar surface area (TPSA) is 44.8 Å². The second kappa shape index (κ2) is 10.3. The maximum atomic E-state index is 12.8. The summed E-state index contributed by atoms with van der Waals surface area (Å²) in [5.41, 5.74) is 3.22. The maximum Gasteiger partial charge on any atom is 0.251 e. The van der Waals surface area contributed by atoms with Crippen molar-refractivity contribution in [2.45, 2.75) is 39.7 Å². The molecular formula is C21H34ClN3O2. The predicted molar refractivity (Wildman–Crippen MR) is 113 cm³/mol. The van der Waals surface area contributed by atoms with Gasteiger partial charge in [-0.05, 0) is 43.4 Å². The number of amides is 1. The Balaban J connectivity index is 0.00000261. The second-order valence-corrected chi connectivity index (χ2v) is 7.87. The molecule has 1 N–H and O–H groups in total. The molecule has 1 amide bonds. The van der Waals surface area contributed by atoms with E-state index in [0.29, 0.717) is 18.5 Å². The van der Waals surface area contributed by atoms with Crippen molar-refractivity contribution in [3.05, 3.63) is 29.3 Å². The quantitative estimate of drug-likeness (QED) is 0.803. The number of ether oxygens (including phenoxy) is 1. The molecule has 152 valence electrons. The van der Waals surface area contributed by atoms with E-state index in [9.17, 15) is 4.79 Å². The van der Waals surface area contributed by atoms with Gasteiger partial charge in [0.15, 0.2) is 0 Å². The minimum atomic E-state index is 0. The van der Waals surface area contributed by atoms with Crippen molar-refractivity contribution < 1.29 is 9.53 Å². The number of anilines is 1. The Morgan fingerprint density at radius 1 is 1.15 bits per heavy atom. The second-order valence-electron chi connectivity index (χ2n) is 7.87. The summed E-state index contributed by atoms with van der Waals surface area (Å²) in [7, 11) is 0. The third kappa shape index (κ3) is 5.59. The number of halogens is 1. The van der Waals surface area contributed by atoms with E-state index < -0.39 is 0 Å². The molecule has 3 rings (SSSR count). The van der Waals surface area contributed by atoms with Gasteiger partial charge in [0.1, 0.15) is 0 Å². The highest BCUT2D eigenvalue weighted by Gasteiger charge is 2.24. The van der Waals surface area contributed by atoms with E-state index >= 15 is 0 Å². The molecule has 2 saturated heterocycles. The molecule has 1 aromatic carbocycles. The lowest BCUT2D eigenvalue weighted by atomic mass is 10.0. The Bertz CT molecular complexity index is 611. The Kier molecular flexibility index (Phi) is 8.39. The first kappa shape index (κ1) is 22.0. The van der Waals surface area contributed by atoms with E-state index in [1.54, 1.807) is 0 Å². The number of benzene rings is 1. The van der Waals surface area contributed by atoms with Gasteiger partial charge >= 0.3 is 0 Å². The summed E-state index contributed by atoms with van der Waals surface area (Å²) in [5.74, 6) is 0.524. The first-order chi connectivity index (χ1) is 12.6. The smallest absolute Gasteiger partial charge is 0.251 e. The minimum absolute atomic E-state index is 0. The molecule has 2 aliphatic rings. The van der Waals surface area contributed by atoms with Gasteiger partial charge < -0.3 is 15.0 Å². The molecule has 27 heavy (non-hydrogen) atoms. The number of hydrogen-bond acceptors (Lipinski definition) is 4. The van der Waals surface area contributed by atoms with Gasteiger partial charge in [-0.25, -0.2) is 0 Å². The Labute approximate surface area is 169 Å². The maximum absolute atomic E-state index is 12.8. The Morgan fingerprint density at radius 2 is 1.81 bits per heavy atom. The summed E-state index contributed by atoms with van der Waals surface area (Å²) >= 11 is 0. The van der Waals surface area contributed by atoms with Crippen molar-refractivity contribution in [1.29, 1.82) is 0 Å². The van der Waals surface area contributed by atoms with Crippen LogP contribution in [0.2, 0.25) is 0 Å². The number of hydrogen-bond donors (Lipinski definition) is 1. The molecule has 1 unspecified atom stereocenters. The standard InChI is InChI=1S/C21H33N3O2.ClH/c1-16(2)20(24-10-12-26-13-11-24)15-22-21(25)18-7-6-17(3)19(14-18)23-8-4-5-9-23;/h6-7,14,16,20H,4-5,8-13,15H2,1-3H3,(H,22,25);1H. The summed E-state index contributed by atoms with van der Waals surface area (Å²) in [5, 5.41) is 3.18. The molecule has 0 aromatic heterocycles. The molecule has 2 aliphatic heterocycles. The summed E-state index contributed by atoms with van der Waals surface area (Å²) < 4.78 is 5.46. The van der Waals surface area contributed by atoms with Crippen molar-refractivity contribution in [2.75, 3.05) is 50.8 Å². The molecule has 1 atom stereocenters. The zero-order valence-electron chi connectivity index (χ0n) is 16.9. The van der Waals surface area contributed by atoms with E-state index in [1.165, 1.54) is 24.1 Å². The van der Waals surface area contributed by atoms with E-state index in [0.717, 1.165) is 45.0 Å². The number of carbonyl (C=O) groups is 1. The lowest BCUT2D eigenvalue weighted by Crippen LogP contribution is -2.51. The lowest BCUT2D eigenvalue weighted by molar-refractivity contribution is 0.00673. The Hall–Kier alpha value is -1.30. The lowest BCUT2D eigenvalue weighted by Gasteiger charge is -2.37. The number of carbonyl (C=O) groups excluding carboxylic acids is 1. The van der Waals surface area contributed by atoms with Crippen LogP contribution in [0.25, 0.3) is 0 Å².